The van der Waals surface area contributed by atoms with Crippen LogP contribution < -0.4 is 5.32 Å². The van der Waals surface area contributed by atoms with Crippen LogP contribution in [0.4, 0.5) is 0 Å². The lowest BCUT2D eigenvalue weighted by atomic mass is 10.1. The molecule has 0 saturated carbocycles. The Hall–Kier alpha value is -1.44. The first-order valence-electron chi connectivity index (χ1n) is 18.2. The zero-order chi connectivity index (χ0) is 32.6. The average molecular weight is 640 g/mol. The molecule has 44 heavy (non-hydrogen) atoms. The minimum atomic E-state index is -4.33. The van der Waals surface area contributed by atoms with Crippen molar-refractivity contribution in [2.24, 2.45) is 0 Å². The van der Waals surface area contributed by atoms with Gasteiger partial charge in [-0.15, -0.1) is 0 Å². The van der Waals surface area contributed by atoms with Gasteiger partial charge in [0.05, 0.1) is 17.9 Å². The molecule has 2 unspecified atom stereocenters. The van der Waals surface area contributed by atoms with Crippen molar-refractivity contribution >= 4 is 16.0 Å². The number of aliphatic hydroxyl groups excluding tert-OH is 1. The number of hydrogen-bond donors (Lipinski definition) is 3. The van der Waals surface area contributed by atoms with Crippen LogP contribution in [0.1, 0.15) is 174 Å². The van der Waals surface area contributed by atoms with Gasteiger partial charge in [-0.3, -0.25) is 9.35 Å². The van der Waals surface area contributed by atoms with Gasteiger partial charge >= 0.3 is 0 Å². The lowest BCUT2D eigenvalue weighted by Gasteiger charge is -2.21. The van der Waals surface area contributed by atoms with Gasteiger partial charge in [0.2, 0.25) is 5.91 Å². The van der Waals surface area contributed by atoms with Crippen LogP contribution >= 0.6 is 0 Å². The number of hydrogen-bond acceptors (Lipinski definition) is 4. The topological polar surface area (TPSA) is 104 Å². The van der Waals surface area contributed by atoms with E-state index in [2.05, 4.69) is 43.5 Å². The first-order chi connectivity index (χ1) is 21.3. The highest BCUT2D eigenvalue weighted by Crippen LogP contribution is 2.13. The molecule has 3 N–H and O–H groups in total. The third kappa shape index (κ3) is 32.0. The van der Waals surface area contributed by atoms with Gasteiger partial charge in [-0.05, 0) is 51.4 Å². The Morgan fingerprint density at radius 2 is 1.02 bits per heavy atom. The molecule has 2 atom stereocenters. The number of rotatable bonds is 32. The number of allylic oxidation sites excluding steroid dienone is 5. The normalized spacial score (nSPS) is 13.8. The Labute approximate surface area is 272 Å². The van der Waals surface area contributed by atoms with E-state index in [-0.39, 0.29) is 5.91 Å². The monoisotopic (exact) mass is 639 g/mol. The number of carbonyl (C=O) groups excluding carboxylic acids is 1. The second kappa shape index (κ2) is 31.5. The van der Waals surface area contributed by atoms with Gasteiger partial charge in [0.25, 0.3) is 10.1 Å². The molecule has 0 bridgehead atoms. The molecule has 0 aliphatic rings. The van der Waals surface area contributed by atoms with E-state index in [1.165, 1.54) is 115 Å². The van der Waals surface area contributed by atoms with E-state index in [1.807, 2.05) is 6.08 Å². The predicted molar refractivity (Wildman–Crippen MR) is 189 cm³/mol. The number of aliphatic hydroxyl groups is 1. The van der Waals surface area contributed by atoms with Gasteiger partial charge in [-0.25, -0.2) is 0 Å². The Morgan fingerprint density at radius 3 is 1.48 bits per heavy atom. The Balaban J connectivity index is 3.87. The van der Waals surface area contributed by atoms with Crippen LogP contribution in [0.25, 0.3) is 0 Å². The molecular weight excluding hydrogens is 570 g/mol. The van der Waals surface area contributed by atoms with E-state index < -0.39 is 28.0 Å². The molecule has 1 amide bonds. The molecule has 0 aromatic carbocycles. The average Bonchev–Trinajstić information content (AvgIpc) is 2.98. The smallest absolute Gasteiger partial charge is 0.267 e. The molecule has 0 heterocycles. The molecule has 0 aliphatic carbocycles. The Bertz CT molecular complexity index is 837. The summed E-state index contributed by atoms with van der Waals surface area (Å²) < 4.78 is 32.2. The van der Waals surface area contributed by atoms with Crippen LogP contribution in [0.15, 0.2) is 36.5 Å². The van der Waals surface area contributed by atoms with Crippen LogP contribution in [-0.4, -0.2) is 41.9 Å². The van der Waals surface area contributed by atoms with Crippen molar-refractivity contribution in [2.45, 2.75) is 187 Å². The summed E-state index contributed by atoms with van der Waals surface area (Å²) in [7, 11) is -4.33. The molecule has 0 saturated heterocycles. The summed E-state index contributed by atoms with van der Waals surface area (Å²) in [6.45, 7) is 4.44. The molecule has 0 radical (unpaired) electrons. The fraction of sp³-hybridized carbons (Fsp3) is 0.811. The van der Waals surface area contributed by atoms with E-state index in [0.29, 0.717) is 6.42 Å². The van der Waals surface area contributed by atoms with E-state index in [1.54, 1.807) is 0 Å². The van der Waals surface area contributed by atoms with Gasteiger partial charge in [0.15, 0.2) is 0 Å². The summed E-state index contributed by atoms with van der Waals surface area (Å²) in [5.41, 5.74) is 0. The summed E-state index contributed by atoms with van der Waals surface area (Å²) >= 11 is 0. The SMILES string of the molecule is CCCCCCC/C=C\C/C=C\CCCCCCCCCCCC(=O)NC(CS(=O)(=O)O)C(O)/C=C/CCCCCCCC. The highest BCUT2D eigenvalue weighted by atomic mass is 32.2. The summed E-state index contributed by atoms with van der Waals surface area (Å²) in [6, 6.07) is -1.06. The van der Waals surface area contributed by atoms with Crippen LogP contribution in [0.5, 0.6) is 0 Å². The molecule has 0 rings (SSSR count). The van der Waals surface area contributed by atoms with Crippen molar-refractivity contribution < 1.29 is 22.9 Å². The predicted octanol–water partition coefficient (Wildman–Crippen LogP) is 10.2. The molecule has 0 aromatic rings. The molecule has 0 aliphatic heterocycles. The maximum Gasteiger partial charge on any atom is 0.267 e. The second-order valence-corrected chi connectivity index (χ2v) is 14.0. The summed E-state index contributed by atoms with van der Waals surface area (Å²) in [5, 5.41) is 13.1. The molecule has 7 heteroatoms. The quantitative estimate of drug-likeness (QED) is 0.0386. The van der Waals surface area contributed by atoms with Crippen LogP contribution in [0.2, 0.25) is 0 Å². The number of amides is 1. The van der Waals surface area contributed by atoms with Crippen LogP contribution in [0, 0.1) is 0 Å². The zero-order valence-electron chi connectivity index (χ0n) is 28.5. The van der Waals surface area contributed by atoms with Crippen LogP contribution in [0.3, 0.4) is 0 Å². The van der Waals surface area contributed by atoms with Crippen molar-refractivity contribution in [1.29, 1.82) is 0 Å². The lowest BCUT2D eigenvalue weighted by molar-refractivity contribution is -0.122. The van der Waals surface area contributed by atoms with Crippen molar-refractivity contribution in [3.63, 3.8) is 0 Å². The van der Waals surface area contributed by atoms with Gasteiger partial charge in [-0.1, -0.05) is 153 Å². The Morgan fingerprint density at radius 1 is 0.614 bits per heavy atom. The fourth-order valence-corrected chi connectivity index (χ4v) is 6.04. The van der Waals surface area contributed by atoms with Gasteiger partial charge in [0, 0.05) is 6.42 Å². The fourth-order valence-electron chi connectivity index (χ4n) is 5.30. The first-order valence-corrected chi connectivity index (χ1v) is 19.8. The van der Waals surface area contributed by atoms with Gasteiger partial charge in [0.1, 0.15) is 0 Å². The number of carbonyl (C=O) groups is 1. The van der Waals surface area contributed by atoms with E-state index in [9.17, 15) is 22.9 Å². The molecule has 258 valence electrons. The summed E-state index contributed by atoms with van der Waals surface area (Å²) in [4.78, 5) is 12.4. The van der Waals surface area contributed by atoms with Gasteiger partial charge < -0.3 is 10.4 Å². The van der Waals surface area contributed by atoms with Gasteiger partial charge in [-0.2, -0.15) is 8.42 Å². The number of nitrogens with one attached hydrogen (secondary N) is 1. The summed E-state index contributed by atoms with van der Waals surface area (Å²) in [5.74, 6) is -0.987. The standard InChI is InChI=1S/C37H69NO5S/c1-3-5-7-9-11-13-14-15-16-17-18-19-20-21-22-23-24-25-27-29-31-33-37(40)38-35(34-44(41,42)43)36(39)32-30-28-26-12-10-8-6-4-2/h14-15,17-18,30,32,35-36,39H,3-13,16,19-29,31,33-34H2,1-2H3,(H,38,40)(H,41,42,43)/b15-14-,18-17-,32-30+. The first kappa shape index (κ1) is 42.6. The highest BCUT2D eigenvalue weighted by Gasteiger charge is 2.24. The molecule has 0 spiro atoms. The minimum absolute atomic E-state index is 0.287. The van der Waals surface area contributed by atoms with Crippen molar-refractivity contribution in [1.82, 2.24) is 5.32 Å². The van der Waals surface area contributed by atoms with Crippen LogP contribution in [-0.2, 0) is 14.9 Å². The molecule has 0 aromatic heterocycles. The maximum atomic E-state index is 12.4. The minimum Gasteiger partial charge on any atom is -0.387 e. The third-order valence-corrected chi connectivity index (χ3v) is 8.84. The Kier molecular flexibility index (Phi) is 30.5. The largest absolute Gasteiger partial charge is 0.387 e. The third-order valence-electron chi connectivity index (χ3n) is 8.06. The lowest BCUT2D eigenvalue weighted by Crippen LogP contribution is -2.46. The summed E-state index contributed by atoms with van der Waals surface area (Å²) in [6.07, 6.45) is 40.0. The van der Waals surface area contributed by atoms with E-state index in [0.717, 1.165) is 44.9 Å². The van der Waals surface area contributed by atoms with Crippen molar-refractivity contribution in [3.8, 4) is 0 Å². The van der Waals surface area contributed by atoms with Crippen molar-refractivity contribution in [2.75, 3.05) is 5.75 Å². The highest BCUT2D eigenvalue weighted by molar-refractivity contribution is 7.85. The van der Waals surface area contributed by atoms with E-state index in [4.69, 9.17) is 0 Å². The molecule has 6 nitrogen and oxygen atoms in total. The molecular formula is C37H69NO5S. The maximum absolute atomic E-state index is 12.4. The second-order valence-electron chi connectivity index (χ2n) is 12.5. The zero-order valence-corrected chi connectivity index (χ0v) is 29.3. The molecule has 0 fully saturated rings. The van der Waals surface area contributed by atoms with Crippen molar-refractivity contribution in [3.05, 3.63) is 36.5 Å². The number of unbranched alkanes of at least 4 members (excludes halogenated alkanes) is 20. The van der Waals surface area contributed by atoms with E-state index >= 15 is 0 Å².